The van der Waals surface area contributed by atoms with E-state index in [9.17, 15) is 19.2 Å². The monoisotopic (exact) mass is 434 g/mol. The van der Waals surface area contributed by atoms with Gasteiger partial charge in [-0.2, -0.15) is 0 Å². The Balaban J connectivity index is 1.42. The number of hydrogen-bond donors (Lipinski definition) is 0. The molecule has 0 saturated heterocycles. The summed E-state index contributed by atoms with van der Waals surface area (Å²) in [4.78, 5) is 53.3. The number of carbonyl (C=O) groups excluding carboxylic acids is 4. The first-order valence-electron chi connectivity index (χ1n) is 10.9. The van der Waals surface area contributed by atoms with Gasteiger partial charge in [0, 0.05) is 18.8 Å². The van der Waals surface area contributed by atoms with Crippen molar-refractivity contribution >= 4 is 29.4 Å². The minimum absolute atomic E-state index is 0.141. The molecule has 2 aromatic rings. The van der Waals surface area contributed by atoms with Crippen molar-refractivity contribution in [2.75, 3.05) is 24.6 Å². The second-order valence-corrected chi connectivity index (χ2v) is 8.56. The molecule has 2 aliphatic rings. The molecule has 32 heavy (non-hydrogen) atoms. The van der Waals surface area contributed by atoms with Crippen LogP contribution in [0, 0.1) is 5.92 Å². The predicted octanol–water partition coefficient (Wildman–Crippen LogP) is 3.46. The molecule has 2 aliphatic heterocycles. The van der Waals surface area contributed by atoms with E-state index < -0.39 is 18.5 Å². The predicted molar refractivity (Wildman–Crippen MR) is 119 cm³/mol. The number of ether oxygens (including phenoxy) is 1. The summed E-state index contributed by atoms with van der Waals surface area (Å²) in [6, 6.07) is 12.0. The summed E-state index contributed by atoms with van der Waals surface area (Å²) >= 11 is 0. The molecule has 7 heteroatoms. The highest BCUT2D eigenvalue weighted by atomic mass is 16.5. The Labute approximate surface area is 187 Å². The van der Waals surface area contributed by atoms with Gasteiger partial charge in [0.05, 0.1) is 16.7 Å². The first-order valence-corrected chi connectivity index (χ1v) is 10.9. The average Bonchev–Trinajstić information content (AvgIpc) is 3.04. The molecule has 7 nitrogen and oxygen atoms in total. The van der Waals surface area contributed by atoms with Crippen molar-refractivity contribution in [2.24, 2.45) is 5.92 Å². The quantitative estimate of drug-likeness (QED) is 0.514. The van der Waals surface area contributed by atoms with Crippen molar-refractivity contribution in [3.63, 3.8) is 0 Å². The zero-order valence-corrected chi connectivity index (χ0v) is 18.3. The van der Waals surface area contributed by atoms with Gasteiger partial charge in [-0.1, -0.05) is 32.0 Å². The molecular formula is C25H26N2O5. The number of fused-ring (bicyclic) bond motifs is 2. The first kappa shape index (κ1) is 21.7. The van der Waals surface area contributed by atoms with E-state index >= 15 is 0 Å². The molecule has 2 aromatic carbocycles. The number of esters is 1. The number of benzene rings is 2. The molecule has 166 valence electrons. The van der Waals surface area contributed by atoms with E-state index in [0.29, 0.717) is 25.4 Å². The molecule has 4 rings (SSSR count). The third-order valence-electron chi connectivity index (χ3n) is 5.87. The number of amides is 3. The summed E-state index contributed by atoms with van der Waals surface area (Å²) in [5, 5.41) is 0. The van der Waals surface area contributed by atoms with E-state index in [0.717, 1.165) is 24.1 Å². The third kappa shape index (κ3) is 4.15. The van der Waals surface area contributed by atoms with Gasteiger partial charge >= 0.3 is 5.97 Å². The summed E-state index contributed by atoms with van der Waals surface area (Å²) in [7, 11) is 0. The van der Waals surface area contributed by atoms with Crippen LogP contribution in [0.15, 0.2) is 42.5 Å². The minimum Gasteiger partial charge on any atom is -0.452 e. The van der Waals surface area contributed by atoms with Crippen LogP contribution in [0.3, 0.4) is 0 Å². The van der Waals surface area contributed by atoms with Crippen molar-refractivity contribution in [3.8, 4) is 0 Å². The molecule has 3 amide bonds. The van der Waals surface area contributed by atoms with Crippen LogP contribution in [0.1, 0.15) is 63.3 Å². The molecule has 0 atom stereocenters. The number of nitrogens with zero attached hydrogens (tertiary/aromatic N) is 2. The van der Waals surface area contributed by atoms with E-state index in [-0.39, 0.29) is 28.5 Å². The van der Waals surface area contributed by atoms with E-state index in [2.05, 4.69) is 0 Å². The lowest BCUT2D eigenvalue weighted by Crippen LogP contribution is -2.38. The fourth-order valence-corrected chi connectivity index (χ4v) is 4.09. The SMILES string of the molecule is CC(C)CCN1C(=O)c2ccc(C(=O)OCC(=O)N3CCCc4ccccc43)cc2C1=O. The Hall–Kier alpha value is -3.48. The minimum atomic E-state index is -0.702. The van der Waals surface area contributed by atoms with E-state index in [1.165, 1.54) is 23.1 Å². The van der Waals surface area contributed by atoms with Crippen LogP contribution in [-0.4, -0.2) is 48.3 Å². The lowest BCUT2D eigenvalue weighted by molar-refractivity contribution is -0.121. The number of anilines is 1. The van der Waals surface area contributed by atoms with E-state index in [4.69, 9.17) is 4.74 Å². The second kappa shape index (κ2) is 8.94. The lowest BCUT2D eigenvalue weighted by Gasteiger charge is -2.29. The molecule has 2 heterocycles. The highest BCUT2D eigenvalue weighted by Crippen LogP contribution is 2.27. The van der Waals surface area contributed by atoms with Crippen molar-refractivity contribution in [1.82, 2.24) is 4.90 Å². The number of rotatable bonds is 6. The average molecular weight is 434 g/mol. The highest BCUT2D eigenvalue weighted by molar-refractivity contribution is 6.22. The van der Waals surface area contributed by atoms with Crippen LogP contribution in [0.5, 0.6) is 0 Å². The third-order valence-corrected chi connectivity index (χ3v) is 5.87. The smallest absolute Gasteiger partial charge is 0.338 e. The zero-order chi connectivity index (χ0) is 22.8. The number of para-hydroxylation sites is 1. The van der Waals surface area contributed by atoms with Gasteiger partial charge in [0.15, 0.2) is 6.61 Å². The van der Waals surface area contributed by atoms with E-state index in [1.54, 1.807) is 4.90 Å². The Morgan fingerprint density at radius 3 is 2.56 bits per heavy atom. The standard InChI is InChI=1S/C25H26N2O5/c1-16(2)11-13-27-23(29)19-10-9-18(14-20(19)24(27)30)25(31)32-15-22(28)26-12-5-7-17-6-3-4-8-21(17)26/h3-4,6,8-10,14,16H,5,7,11-13,15H2,1-2H3. The van der Waals surface area contributed by atoms with Crippen LogP contribution in [0.2, 0.25) is 0 Å². The lowest BCUT2D eigenvalue weighted by atomic mass is 10.0. The first-order chi connectivity index (χ1) is 15.4. The summed E-state index contributed by atoms with van der Waals surface area (Å²) < 4.78 is 5.25. The van der Waals surface area contributed by atoms with Gasteiger partial charge in [0.2, 0.25) is 0 Å². The van der Waals surface area contributed by atoms with Crippen molar-refractivity contribution in [2.45, 2.75) is 33.1 Å². The molecule has 0 unspecified atom stereocenters. The van der Waals surface area contributed by atoms with Gasteiger partial charge in [-0.3, -0.25) is 19.3 Å². The normalized spacial score (nSPS) is 15.1. The largest absolute Gasteiger partial charge is 0.452 e. The molecule has 0 aliphatic carbocycles. The molecule has 0 N–H and O–H groups in total. The molecule has 0 aromatic heterocycles. The molecule has 0 fully saturated rings. The van der Waals surface area contributed by atoms with Crippen LogP contribution >= 0.6 is 0 Å². The Kier molecular flexibility index (Phi) is 6.08. The fraction of sp³-hybridized carbons (Fsp3) is 0.360. The number of aryl methyl sites for hydroxylation is 1. The van der Waals surface area contributed by atoms with Crippen molar-refractivity contribution < 1.29 is 23.9 Å². The van der Waals surface area contributed by atoms with E-state index in [1.807, 2.05) is 38.1 Å². The molecule has 0 radical (unpaired) electrons. The van der Waals surface area contributed by atoms with Crippen LogP contribution < -0.4 is 4.90 Å². The zero-order valence-electron chi connectivity index (χ0n) is 18.3. The molecule has 0 spiro atoms. The fourth-order valence-electron chi connectivity index (χ4n) is 4.09. The van der Waals surface area contributed by atoms with Gasteiger partial charge < -0.3 is 9.64 Å². The number of carbonyl (C=O) groups is 4. The maximum atomic E-state index is 12.7. The van der Waals surface area contributed by atoms with Gasteiger partial charge in [-0.05, 0) is 55.0 Å². The van der Waals surface area contributed by atoms with Crippen molar-refractivity contribution in [3.05, 3.63) is 64.7 Å². The number of imide groups is 1. The second-order valence-electron chi connectivity index (χ2n) is 8.56. The molecule has 0 saturated carbocycles. The Morgan fingerprint density at radius 1 is 1.03 bits per heavy atom. The highest BCUT2D eigenvalue weighted by Gasteiger charge is 2.36. The molecular weight excluding hydrogens is 408 g/mol. The van der Waals surface area contributed by atoms with Crippen LogP contribution in [-0.2, 0) is 16.0 Å². The Bertz CT molecular complexity index is 1090. The van der Waals surface area contributed by atoms with Crippen LogP contribution in [0.4, 0.5) is 5.69 Å². The van der Waals surface area contributed by atoms with Crippen LogP contribution in [0.25, 0.3) is 0 Å². The molecule has 0 bridgehead atoms. The van der Waals surface area contributed by atoms with Gasteiger partial charge in [-0.15, -0.1) is 0 Å². The summed E-state index contributed by atoms with van der Waals surface area (Å²) in [5.74, 6) is -1.38. The Morgan fingerprint density at radius 2 is 1.78 bits per heavy atom. The van der Waals surface area contributed by atoms with Crippen molar-refractivity contribution in [1.29, 1.82) is 0 Å². The van der Waals surface area contributed by atoms with Gasteiger partial charge in [0.25, 0.3) is 17.7 Å². The topological polar surface area (TPSA) is 84.0 Å². The summed E-state index contributed by atoms with van der Waals surface area (Å²) in [6.45, 7) is 4.58. The number of hydrogen-bond acceptors (Lipinski definition) is 5. The summed E-state index contributed by atoms with van der Waals surface area (Å²) in [6.07, 6.45) is 2.48. The summed E-state index contributed by atoms with van der Waals surface area (Å²) in [5.41, 5.74) is 2.58. The van der Waals surface area contributed by atoms with Gasteiger partial charge in [0.1, 0.15) is 0 Å². The maximum absolute atomic E-state index is 12.7. The maximum Gasteiger partial charge on any atom is 0.338 e. The van der Waals surface area contributed by atoms with Gasteiger partial charge in [-0.25, -0.2) is 4.79 Å².